The zero-order valence-electron chi connectivity index (χ0n) is 10.6. The lowest BCUT2D eigenvalue weighted by atomic mass is 10.1. The summed E-state index contributed by atoms with van der Waals surface area (Å²) >= 11 is 0. The number of hydrogen-bond acceptors (Lipinski definition) is 4. The van der Waals surface area contributed by atoms with Crippen molar-refractivity contribution in [1.29, 1.82) is 0 Å². The summed E-state index contributed by atoms with van der Waals surface area (Å²) in [6.07, 6.45) is 2.62. The number of carbonyl (C=O) groups excluding carboxylic acids is 1. The molecule has 0 aromatic heterocycles. The van der Waals surface area contributed by atoms with E-state index in [0.29, 0.717) is 19.5 Å². The molecule has 0 bridgehead atoms. The molecular formula is C13H15NO4S. The molecule has 6 heteroatoms. The highest BCUT2D eigenvalue weighted by Gasteiger charge is 2.21. The van der Waals surface area contributed by atoms with E-state index in [1.165, 1.54) is 6.08 Å². The second-order valence-electron chi connectivity index (χ2n) is 4.39. The van der Waals surface area contributed by atoms with Gasteiger partial charge in [-0.25, -0.2) is 0 Å². The van der Waals surface area contributed by atoms with Crippen molar-refractivity contribution in [2.75, 3.05) is 12.8 Å². The van der Waals surface area contributed by atoms with Crippen molar-refractivity contribution in [3.63, 3.8) is 0 Å². The Bertz CT molecular complexity index is 592. The maximum atomic E-state index is 11.9. The first-order valence-corrected chi connectivity index (χ1v) is 7.68. The molecule has 0 saturated carbocycles. The normalized spacial score (nSPS) is 16.2. The molecule has 19 heavy (non-hydrogen) atoms. The highest BCUT2D eigenvalue weighted by molar-refractivity contribution is 7.86. The van der Waals surface area contributed by atoms with Crippen LogP contribution in [-0.2, 0) is 25.6 Å². The van der Waals surface area contributed by atoms with E-state index in [9.17, 15) is 13.2 Å². The van der Waals surface area contributed by atoms with Crippen molar-refractivity contribution < 1.29 is 17.4 Å². The molecule has 1 aliphatic rings. The van der Waals surface area contributed by atoms with Gasteiger partial charge in [0.15, 0.2) is 0 Å². The van der Waals surface area contributed by atoms with Crippen LogP contribution >= 0.6 is 0 Å². The van der Waals surface area contributed by atoms with Gasteiger partial charge in [0.05, 0.1) is 6.26 Å². The molecular weight excluding hydrogens is 266 g/mol. The average Bonchev–Trinajstić information content (AvgIpc) is 2.32. The summed E-state index contributed by atoms with van der Waals surface area (Å²) in [6, 6.07) is 9.63. The summed E-state index contributed by atoms with van der Waals surface area (Å²) in [5, 5.41) is 0. The van der Waals surface area contributed by atoms with Gasteiger partial charge in [-0.2, -0.15) is 8.42 Å². The van der Waals surface area contributed by atoms with Crippen LogP contribution in [0.5, 0.6) is 0 Å². The van der Waals surface area contributed by atoms with Gasteiger partial charge in [0.25, 0.3) is 0 Å². The van der Waals surface area contributed by atoms with Crippen LogP contribution in [0.2, 0.25) is 0 Å². The summed E-state index contributed by atoms with van der Waals surface area (Å²) in [5.41, 5.74) is 1.04. The molecule has 5 nitrogen and oxygen atoms in total. The van der Waals surface area contributed by atoms with Crippen molar-refractivity contribution in [3.8, 4) is 0 Å². The second-order valence-corrected chi connectivity index (χ2v) is 5.97. The third-order valence-electron chi connectivity index (χ3n) is 2.70. The Morgan fingerprint density at radius 3 is 2.53 bits per heavy atom. The van der Waals surface area contributed by atoms with E-state index < -0.39 is 10.1 Å². The highest BCUT2D eigenvalue weighted by Crippen LogP contribution is 2.17. The molecule has 102 valence electrons. The Morgan fingerprint density at radius 2 is 1.95 bits per heavy atom. The minimum absolute atomic E-state index is 0.205. The first-order valence-electron chi connectivity index (χ1n) is 5.87. The van der Waals surface area contributed by atoms with Gasteiger partial charge in [0, 0.05) is 25.6 Å². The molecule has 0 saturated heterocycles. The number of nitrogens with zero attached hydrogens (tertiary/aromatic N) is 1. The van der Waals surface area contributed by atoms with E-state index in [1.54, 1.807) is 4.90 Å². The van der Waals surface area contributed by atoms with Crippen molar-refractivity contribution in [2.45, 2.75) is 13.0 Å². The second kappa shape index (κ2) is 5.44. The Hall–Kier alpha value is -1.82. The van der Waals surface area contributed by atoms with Crippen LogP contribution in [0.25, 0.3) is 0 Å². The maximum Gasteiger partial charge on any atom is 0.305 e. The van der Waals surface area contributed by atoms with Gasteiger partial charge in [0.2, 0.25) is 5.91 Å². The third kappa shape index (κ3) is 4.10. The lowest BCUT2D eigenvalue weighted by Gasteiger charge is -2.25. The van der Waals surface area contributed by atoms with Gasteiger partial charge < -0.3 is 9.08 Å². The van der Waals surface area contributed by atoms with Crippen LogP contribution in [0.4, 0.5) is 0 Å². The smallest absolute Gasteiger partial charge is 0.305 e. The number of rotatable bonds is 4. The van der Waals surface area contributed by atoms with Crippen molar-refractivity contribution in [1.82, 2.24) is 4.90 Å². The summed E-state index contributed by atoms with van der Waals surface area (Å²) in [4.78, 5) is 13.5. The standard InChI is InChI=1S/C13H15NO4S/c1-19(16,17)18-12-7-8-14(13(15)9-12)10-11-5-3-2-4-6-11/h2-6,9H,7-8,10H2,1H3. The SMILES string of the molecule is CS(=O)(=O)OC1=CC(=O)N(Cc2ccccc2)CC1. The first-order chi connectivity index (χ1) is 8.94. The van der Waals surface area contributed by atoms with E-state index in [0.717, 1.165) is 11.8 Å². The number of amides is 1. The first kappa shape index (κ1) is 13.6. The number of carbonyl (C=O) groups is 1. The molecule has 1 amide bonds. The monoisotopic (exact) mass is 281 g/mol. The van der Waals surface area contributed by atoms with Gasteiger partial charge in [-0.15, -0.1) is 0 Å². The zero-order valence-corrected chi connectivity index (χ0v) is 11.4. The summed E-state index contributed by atoms with van der Waals surface area (Å²) in [6.45, 7) is 0.970. The zero-order chi connectivity index (χ0) is 13.9. The topological polar surface area (TPSA) is 63.7 Å². The minimum Gasteiger partial charge on any atom is -0.387 e. The number of hydrogen-bond donors (Lipinski definition) is 0. The number of benzene rings is 1. The maximum absolute atomic E-state index is 11.9. The molecule has 1 aromatic carbocycles. The molecule has 0 N–H and O–H groups in total. The van der Waals surface area contributed by atoms with E-state index in [2.05, 4.69) is 0 Å². The Kier molecular flexibility index (Phi) is 3.90. The van der Waals surface area contributed by atoms with E-state index in [-0.39, 0.29) is 11.7 Å². The van der Waals surface area contributed by atoms with Gasteiger partial charge >= 0.3 is 10.1 Å². The average molecular weight is 281 g/mol. The van der Waals surface area contributed by atoms with Crippen molar-refractivity contribution in [2.24, 2.45) is 0 Å². The van der Waals surface area contributed by atoms with Gasteiger partial charge in [-0.1, -0.05) is 30.3 Å². The summed E-state index contributed by atoms with van der Waals surface area (Å²) in [7, 11) is -3.56. The van der Waals surface area contributed by atoms with Crippen molar-refractivity contribution in [3.05, 3.63) is 47.7 Å². The quantitative estimate of drug-likeness (QED) is 0.780. The largest absolute Gasteiger partial charge is 0.387 e. The predicted molar refractivity (Wildman–Crippen MR) is 70.5 cm³/mol. The highest BCUT2D eigenvalue weighted by atomic mass is 32.2. The fourth-order valence-electron chi connectivity index (χ4n) is 1.88. The lowest BCUT2D eigenvalue weighted by Crippen LogP contribution is -2.34. The molecule has 1 heterocycles. The van der Waals surface area contributed by atoms with Crippen LogP contribution in [0.1, 0.15) is 12.0 Å². The predicted octanol–water partition coefficient (Wildman–Crippen LogP) is 1.28. The van der Waals surface area contributed by atoms with Crippen LogP contribution in [0.3, 0.4) is 0 Å². The van der Waals surface area contributed by atoms with Crippen LogP contribution in [0.15, 0.2) is 42.2 Å². The van der Waals surface area contributed by atoms with Crippen LogP contribution in [-0.4, -0.2) is 32.0 Å². The van der Waals surface area contributed by atoms with E-state index in [4.69, 9.17) is 4.18 Å². The molecule has 0 unspecified atom stereocenters. The van der Waals surface area contributed by atoms with E-state index >= 15 is 0 Å². The molecule has 1 aromatic rings. The van der Waals surface area contributed by atoms with Gasteiger partial charge in [-0.3, -0.25) is 4.79 Å². The third-order valence-corrected chi connectivity index (χ3v) is 3.22. The molecule has 2 rings (SSSR count). The lowest BCUT2D eigenvalue weighted by molar-refractivity contribution is -0.127. The molecule has 0 spiro atoms. The summed E-state index contributed by atoms with van der Waals surface area (Å²) < 4.78 is 26.7. The van der Waals surface area contributed by atoms with Crippen LogP contribution in [0, 0.1) is 0 Å². The van der Waals surface area contributed by atoms with E-state index in [1.807, 2.05) is 30.3 Å². The fraction of sp³-hybridized carbons (Fsp3) is 0.308. The molecule has 0 fully saturated rings. The Morgan fingerprint density at radius 1 is 1.26 bits per heavy atom. The molecule has 1 aliphatic heterocycles. The molecule has 0 atom stereocenters. The van der Waals surface area contributed by atoms with Crippen molar-refractivity contribution >= 4 is 16.0 Å². The molecule has 0 aliphatic carbocycles. The molecule has 0 radical (unpaired) electrons. The summed E-state index contributed by atoms with van der Waals surface area (Å²) in [5.74, 6) is -0.0226. The Balaban J connectivity index is 2.03. The Labute approximate surface area is 112 Å². The fourth-order valence-corrected chi connectivity index (χ4v) is 2.40. The van der Waals surface area contributed by atoms with Gasteiger partial charge in [-0.05, 0) is 5.56 Å². The minimum atomic E-state index is -3.56. The van der Waals surface area contributed by atoms with Crippen LogP contribution < -0.4 is 0 Å². The van der Waals surface area contributed by atoms with Gasteiger partial charge in [0.1, 0.15) is 5.76 Å².